The first kappa shape index (κ1) is 17.5. The second-order valence-electron chi connectivity index (χ2n) is 5.97. The Morgan fingerprint density at radius 1 is 0.900 bits per heavy atom. The van der Waals surface area contributed by atoms with Crippen LogP contribution < -0.4 is 5.32 Å². The van der Waals surface area contributed by atoms with Gasteiger partial charge in [0.15, 0.2) is 0 Å². The van der Waals surface area contributed by atoms with Crippen LogP contribution in [0, 0.1) is 0 Å². The molecule has 1 N–H and O–H groups in total. The van der Waals surface area contributed by atoms with E-state index in [2.05, 4.69) is 12.2 Å². The molecule has 0 aliphatic carbocycles. The summed E-state index contributed by atoms with van der Waals surface area (Å²) in [5, 5.41) is 2.84. The minimum absolute atomic E-state index is 0.203. The van der Waals surface area contributed by atoms with Crippen molar-refractivity contribution in [2.45, 2.75) is 96.7 Å². The van der Waals surface area contributed by atoms with Crippen LogP contribution in [-0.2, 0) is 9.53 Å². The van der Waals surface area contributed by atoms with Crippen molar-refractivity contribution in [2.75, 3.05) is 6.54 Å². The summed E-state index contributed by atoms with van der Waals surface area (Å²) in [6, 6.07) is 0. The number of carbonyl (C=O) groups excluding carboxylic acids is 1. The van der Waals surface area contributed by atoms with Crippen molar-refractivity contribution in [3.63, 3.8) is 0 Å². The van der Waals surface area contributed by atoms with E-state index in [1.54, 1.807) is 0 Å². The minimum atomic E-state index is 0.203. The Morgan fingerprint density at radius 2 is 1.50 bits per heavy atom. The lowest BCUT2D eigenvalue weighted by atomic mass is 10.0. The molecular formula is C17H33NO2. The van der Waals surface area contributed by atoms with Gasteiger partial charge in [-0.25, -0.2) is 0 Å². The minimum Gasteiger partial charge on any atom is -0.370 e. The van der Waals surface area contributed by atoms with Gasteiger partial charge in [0.25, 0.3) is 0 Å². The number of hydrogen-bond donors (Lipinski definition) is 1. The van der Waals surface area contributed by atoms with E-state index in [1.807, 2.05) is 6.92 Å². The van der Waals surface area contributed by atoms with Crippen LogP contribution in [0.3, 0.4) is 0 Å². The van der Waals surface area contributed by atoms with Crippen LogP contribution in [0.5, 0.6) is 0 Å². The van der Waals surface area contributed by atoms with Gasteiger partial charge in [-0.1, -0.05) is 51.9 Å². The molecule has 20 heavy (non-hydrogen) atoms. The first-order valence-corrected chi connectivity index (χ1v) is 8.70. The maximum atomic E-state index is 11.2. The summed E-state index contributed by atoms with van der Waals surface area (Å²) in [5.74, 6) is 0.203. The topological polar surface area (TPSA) is 41.6 Å². The summed E-state index contributed by atoms with van der Waals surface area (Å²) >= 11 is 0. The van der Waals surface area contributed by atoms with Crippen LogP contribution in [0.4, 0.5) is 0 Å². The number of carbonyl (C=O) groups is 1. The Balaban J connectivity index is 1.79. The third-order valence-corrected chi connectivity index (χ3v) is 4.05. The lowest BCUT2D eigenvalue weighted by Crippen LogP contribution is -2.21. The average Bonchev–Trinajstić information content (AvgIpc) is 3.17. The zero-order chi connectivity index (χ0) is 14.6. The Kier molecular flexibility index (Phi) is 9.73. The quantitative estimate of drug-likeness (QED) is 0.406. The monoisotopic (exact) mass is 283 g/mol. The van der Waals surface area contributed by atoms with E-state index >= 15 is 0 Å². The number of nitrogens with one attached hydrogen (secondary N) is 1. The van der Waals surface area contributed by atoms with Crippen LogP contribution in [0.15, 0.2) is 0 Å². The number of unbranched alkanes of at least 4 members (excludes halogenated alkanes) is 6. The molecule has 1 saturated heterocycles. The lowest BCUT2D eigenvalue weighted by molar-refractivity contribution is -0.121. The SMILES string of the molecule is CCCCCC1OC1CCCCCCCC(=O)NCC. The molecule has 1 amide bonds. The van der Waals surface area contributed by atoms with Crippen molar-refractivity contribution in [1.29, 1.82) is 0 Å². The van der Waals surface area contributed by atoms with Gasteiger partial charge in [0, 0.05) is 13.0 Å². The highest BCUT2D eigenvalue weighted by Gasteiger charge is 2.36. The second-order valence-corrected chi connectivity index (χ2v) is 5.97. The molecule has 0 aromatic heterocycles. The highest BCUT2D eigenvalue weighted by atomic mass is 16.6. The molecule has 1 rings (SSSR count). The van der Waals surface area contributed by atoms with Gasteiger partial charge >= 0.3 is 0 Å². The third kappa shape index (κ3) is 8.57. The molecule has 0 radical (unpaired) electrons. The van der Waals surface area contributed by atoms with E-state index in [1.165, 1.54) is 57.8 Å². The number of hydrogen-bond acceptors (Lipinski definition) is 2. The summed E-state index contributed by atoms with van der Waals surface area (Å²) in [6.45, 7) is 4.96. The summed E-state index contributed by atoms with van der Waals surface area (Å²) < 4.78 is 5.70. The van der Waals surface area contributed by atoms with Gasteiger partial charge in [0.05, 0.1) is 12.2 Å². The van der Waals surface area contributed by atoms with Crippen LogP contribution in [-0.4, -0.2) is 24.7 Å². The van der Waals surface area contributed by atoms with Gasteiger partial charge in [-0.3, -0.25) is 4.79 Å². The fourth-order valence-electron chi connectivity index (χ4n) is 2.73. The molecule has 2 unspecified atom stereocenters. The predicted molar refractivity (Wildman–Crippen MR) is 83.8 cm³/mol. The molecule has 0 aromatic carbocycles. The smallest absolute Gasteiger partial charge is 0.219 e. The number of epoxide rings is 1. The summed E-state index contributed by atoms with van der Waals surface area (Å²) in [4.78, 5) is 11.2. The van der Waals surface area contributed by atoms with Gasteiger partial charge in [-0.15, -0.1) is 0 Å². The Morgan fingerprint density at radius 3 is 2.15 bits per heavy atom. The van der Waals surface area contributed by atoms with E-state index in [0.29, 0.717) is 18.6 Å². The maximum Gasteiger partial charge on any atom is 0.219 e. The first-order valence-electron chi connectivity index (χ1n) is 8.70. The van der Waals surface area contributed by atoms with Crippen LogP contribution >= 0.6 is 0 Å². The first-order chi connectivity index (χ1) is 9.77. The largest absolute Gasteiger partial charge is 0.370 e. The molecule has 3 heteroatoms. The van der Waals surface area contributed by atoms with Gasteiger partial charge < -0.3 is 10.1 Å². The fraction of sp³-hybridized carbons (Fsp3) is 0.941. The molecule has 0 saturated carbocycles. The van der Waals surface area contributed by atoms with E-state index in [9.17, 15) is 4.79 Å². The number of amides is 1. The zero-order valence-corrected chi connectivity index (χ0v) is 13.5. The fourth-order valence-corrected chi connectivity index (χ4v) is 2.73. The number of ether oxygens (including phenoxy) is 1. The van der Waals surface area contributed by atoms with Crippen LogP contribution in [0.2, 0.25) is 0 Å². The van der Waals surface area contributed by atoms with Crippen LogP contribution in [0.25, 0.3) is 0 Å². The Bertz CT molecular complexity index is 255. The molecule has 1 aliphatic rings. The third-order valence-electron chi connectivity index (χ3n) is 4.05. The Labute approximate surface area is 124 Å². The van der Waals surface area contributed by atoms with Crippen molar-refractivity contribution >= 4 is 5.91 Å². The van der Waals surface area contributed by atoms with Gasteiger partial charge in [0.1, 0.15) is 0 Å². The normalized spacial score (nSPS) is 20.9. The maximum absolute atomic E-state index is 11.2. The summed E-state index contributed by atoms with van der Waals surface area (Å²) in [6.07, 6.45) is 14.4. The Hall–Kier alpha value is -0.570. The zero-order valence-electron chi connectivity index (χ0n) is 13.5. The van der Waals surface area contributed by atoms with Crippen LogP contribution in [0.1, 0.15) is 84.5 Å². The summed E-state index contributed by atoms with van der Waals surface area (Å²) in [5.41, 5.74) is 0. The number of rotatable bonds is 13. The summed E-state index contributed by atoms with van der Waals surface area (Å²) in [7, 11) is 0. The van der Waals surface area contributed by atoms with Crippen molar-refractivity contribution in [3.05, 3.63) is 0 Å². The van der Waals surface area contributed by atoms with Crippen molar-refractivity contribution in [1.82, 2.24) is 5.32 Å². The second kappa shape index (κ2) is 11.1. The van der Waals surface area contributed by atoms with E-state index in [-0.39, 0.29) is 5.91 Å². The molecule has 1 heterocycles. The standard InChI is InChI=1S/C17H33NO2/c1-3-5-9-12-15-16(20-15)13-10-7-6-8-11-14-17(19)18-4-2/h15-16H,3-14H2,1-2H3,(H,18,19). The predicted octanol–water partition coefficient (Wildman–Crippen LogP) is 4.20. The molecule has 0 bridgehead atoms. The van der Waals surface area contributed by atoms with Gasteiger partial charge in [-0.2, -0.15) is 0 Å². The van der Waals surface area contributed by atoms with E-state index in [4.69, 9.17) is 4.74 Å². The van der Waals surface area contributed by atoms with E-state index < -0.39 is 0 Å². The van der Waals surface area contributed by atoms with E-state index in [0.717, 1.165) is 13.0 Å². The van der Waals surface area contributed by atoms with Crippen molar-refractivity contribution in [2.24, 2.45) is 0 Å². The van der Waals surface area contributed by atoms with Gasteiger partial charge in [0.2, 0.25) is 5.91 Å². The van der Waals surface area contributed by atoms with Crippen molar-refractivity contribution < 1.29 is 9.53 Å². The molecule has 118 valence electrons. The average molecular weight is 283 g/mol. The highest BCUT2D eigenvalue weighted by Crippen LogP contribution is 2.31. The molecule has 3 nitrogen and oxygen atoms in total. The molecule has 1 aliphatic heterocycles. The lowest BCUT2D eigenvalue weighted by Gasteiger charge is -2.02. The molecule has 2 atom stereocenters. The van der Waals surface area contributed by atoms with Crippen molar-refractivity contribution in [3.8, 4) is 0 Å². The van der Waals surface area contributed by atoms with Gasteiger partial charge in [-0.05, 0) is 26.2 Å². The molecule has 0 spiro atoms. The highest BCUT2D eigenvalue weighted by molar-refractivity contribution is 5.75. The molecule has 0 aromatic rings. The molecular weight excluding hydrogens is 250 g/mol. The molecule has 1 fully saturated rings.